The van der Waals surface area contributed by atoms with E-state index in [0.29, 0.717) is 17.2 Å². The first-order valence-corrected chi connectivity index (χ1v) is 13.0. The van der Waals surface area contributed by atoms with E-state index in [0.717, 1.165) is 22.0 Å². The lowest BCUT2D eigenvalue weighted by atomic mass is 10.1. The van der Waals surface area contributed by atoms with E-state index in [2.05, 4.69) is 10.4 Å². The maximum absolute atomic E-state index is 13.5. The van der Waals surface area contributed by atoms with Gasteiger partial charge in [-0.2, -0.15) is 9.40 Å². The van der Waals surface area contributed by atoms with Gasteiger partial charge in [-0.15, -0.1) is 0 Å². The summed E-state index contributed by atoms with van der Waals surface area (Å²) in [6.07, 6.45) is 0. The first kappa shape index (κ1) is 26.2. The minimum Gasteiger partial charge on any atom is -0.309 e. The monoisotopic (exact) mass is 524 g/mol. The molecular weight excluding hydrogens is 498 g/mol. The third-order valence-corrected chi connectivity index (χ3v) is 7.28. The fourth-order valence-corrected chi connectivity index (χ4v) is 5.31. The number of sulfonamides is 1. The van der Waals surface area contributed by atoms with Gasteiger partial charge in [-0.3, -0.25) is 4.79 Å². The van der Waals surface area contributed by atoms with Gasteiger partial charge in [0.25, 0.3) is 0 Å². The number of anilines is 1. The minimum atomic E-state index is -4.06. The molecule has 0 saturated heterocycles. The highest BCUT2D eigenvalue weighted by Crippen LogP contribution is 2.25. The molecule has 1 amide bonds. The Morgan fingerprint density at radius 1 is 0.946 bits per heavy atom. The van der Waals surface area contributed by atoms with Crippen molar-refractivity contribution in [1.82, 2.24) is 14.1 Å². The van der Waals surface area contributed by atoms with Gasteiger partial charge in [0, 0.05) is 18.2 Å². The van der Waals surface area contributed by atoms with E-state index in [1.54, 1.807) is 6.07 Å². The number of halogens is 2. The molecule has 0 aliphatic rings. The minimum absolute atomic E-state index is 0.0718. The number of carbonyl (C=O) groups is 1. The second kappa shape index (κ2) is 11.0. The highest BCUT2D eigenvalue weighted by molar-refractivity contribution is 7.89. The standard InChI is InChI=1S/C27H26F2N4O3S/c1-19(2)17-32(37(35,36)24-14-10-22(29)11-15-24)18-27(34)30-26-16-25(20-6-4-3-5-7-20)31-33(26)23-12-8-21(28)9-13-23/h3-16,19H,17-18H2,1-2H3,(H,30,34). The number of benzene rings is 3. The molecular formula is C27H26F2N4O3S. The van der Waals surface area contributed by atoms with Gasteiger partial charge in [0.1, 0.15) is 17.5 Å². The van der Waals surface area contributed by atoms with Crippen LogP contribution in [0, 0.1) is 17.6 Å². The summed E-state index contributed by atoms with van der Waals surface area (Å²) in [5.41, 5.74) is 1.88. The molecule has 37 heavy (non-hydrogen) atoms. The third kappa shape index (κ3) is 6.28. The fraction of sp³-hybridized carbons (Fsp3) is 0.185. The van der Waals surface area contributed by atoms with Crippen molar-refractivity contribution in [1.29, 1.82) is 0 Å². The Labute approximate surface area is 214 Å². The number of hydrogen-bond donors (Lipinski definition) is 1. The summed E-state index contributed by atoms with van der Waals surface area (Å²) in [5.74, 6) is -1.35. The van der Waals surface area contributed by atoms with Crippen molar-refractivity contribution in [2.75, 3.05) is 18.4 Å². The zero-order valence-corrected chi connectivity index (χ0v) is 21.1. The molecule has 192 valence electrons. The van der Waals surface area contributed by atoms with E-state index in [9.17, 15) is 22.0 Å². The third-order valence-electron chi connectivity index (χ3n) is 5.46. The van der Waals surface area contributed by atoms with Gasteiger partial charge in [0.05, 0.1) is 22.8 Å². The van der Waals surface area contributed by atoms with E-state index < -0.39 is 34.1 Å². The van der Waals surface area contributed by atoms with Crippen LogP contribution in [-0.4, -0.2) is 41.5 Å². The zero-order valence-electron chi connectivity index (χ0n) is 20.3. The van der Waals surface area contributed by atoms with E-state index in [1.807, 2.05) is 44.2 Å². The molecule has 0 atom stereocenters. The average molecular weight is 525 g/mol. The Hall–Kier alpha value is -3.89. The Morgan fingerprint density at radius 3 is 2.14 bits per heavy atom. The molecule has 0 unspecified atom stereocenters. The maximum Gasteiger partial charge on any atom is 0.243 e. The van der Waals surface area contributed by atoms with Crippen LogP contribution in [0.3, 0.4) is 0 Å². The molecule has 1 aromatic heterocycles. The van der Waals surface area contributed by atoms with Crippen molar-refractivity contribution in [2.45, 2.75) is 18.7 Å². The molecule has 0 aliphatic carbocycles. The molecule has 0 saturated carbocycles. The molecule has 4 rings (SSSR count). The summed E-state index contributed by atoms with van der Waals surface area (Å²) in [6, 6.07) is 21.1. The molecule has 0 spiro atoms. The van der Waals surface area contributed by atoms with Crippen molar-refractivity contribution in [2.24, 2.45) is 5.92 Å². The molecule has 0 bridgehead atoms. The van der Waals surface area contributed by atoms with Gasteiger partial charge < -0.3 is 5.32 Å². The van der Waals surface area contributed by atoms with Crippen LogP contribution >= 0.6 is 0 Å². The number of nitrogens with zero attached hydrogens (tertiary/aromatic N) is 3. The lowest BCUT2D eigenvalue weighted by Crippen LogP contribution is -2.40. The average Bonchev–Trinajstić information content (AvgIpc) is 3.28. The van der Waals surface area contributed by atoms with E-state index in [1.165, 1.54) is 41.1 Å². The number of aromatic nitrogens is 2. The SMILES string of the molecule is CC(C)CN(CC(=O)Nc1cc(-c2ccccc2)nn1-c1ccc(F)cc1)S(=O)(=O)c1ccc(F)cc1. The van der Waals surface area contributed by atoms with Crippen LogP contribution in [0.4, 0.5) is 14.6 Å². The second-order valence-corrected chi connectivity index (χ2v) is 10.8. The van der Waals surface area contributed by atoms with Crippen LogP contribution in [0.15, 0.2) is 89.8 Å². The molecule has 3 aromatic carbocycles. The maximum atomic E-state index is 13.5. The summed E-state index contributed by atoms with van der Waals surface area (Å²) in [4.78, 5) is 13.0. The largest absolute Gasteiger partial charge is 0.309 e. The Morgan fingerprint density at radius 2 is 1.54 bits per heavy atom. The van der Waals surface area contributed by atoms with Crippen LogP contribution in [0.25, 0.3) is 16.9 Å². The number of carbonyl (C=O) groups excluding carboxylic acids is 1. The number of rotatable bonds is 9. The molecule has 0 radical (unpaired) electrons. The number of hydrogen-bond acceptors (Lipinski definition) is 4. The Bertz CT molecular complexity index is 1470. The Balaban J connectivity index is 1.64. The lowest BCUT2D eigenvalue weighted by Gasteiger charge is -2.23. The molecule has 0 fully saturated rings. The van der Waals surface area contributed by atoms with Gasteiger partial charge in [-0.05, 0) is 54.4 Å². The topological polar surface area (TPSA) is 84.3 Å². The van der Waals surface area contributed by atoms with Crippen molar-refractivity contribution < 1.29 is 22.0 Å². The van der Waals surface area contributed by atoms with Crippen molar-refractivity contribution >= 4 is 21.7 Å². The normalized spacial score (nSPS) is 11.7. The van der Waals surface area contributed by atoms with Gasteiger partial charge >= 0.3 is 0 Å². The quantitative estimate of drug-likeness (QED) is 0.330. The van der Waals surface area contributed by atoms with Crippen LogP contribution in [-0.2, 0) is 14.8 Å². The summed E-state index contributed by atoms with van der Waals surface area (Å²) >= 11 is 0. The van der Waals surface area contributed by atoms with Crippen LogP contribution < -0.4 is 5.32 Å². The molecule has 1 N–H and O–H groups in total. The van der Waals surface area contributed by atoms with Crippen molar-refractivity contribution in [3.8, 4) is 16.9 Å². The van der Waals surface area contributed by atoms with Crippen LogP contribution in [0.5, 0.6) is 0 Å². The number of nitrogens with one attached hydrogen (secondary N) is 1. The van der Waals surface area contributed by atoms with E-state index in [-0.39, 0.29) is 17.4 Å². The van der Waals surface area contributed by atoms with Gasteiger partial charge in [0.15, 0.2) is 0 Å². The van der Waals surface area contributed by atoms with Gasteiger partial charge in [0.2, 0.25) is 15.9 Å². The molecule has 0 aliphatic heterocycles. The summed E-state index contributed by atoms with van der Waals surface area (Å²) in [5, 5.41) is 7.33. The summed E-state index contributed by atoms with van der Waals surface area (Å²) in [6.45, 7) is 3.29. The molecule has 7 nitrogen and oxygen atoms in total. The molecule has 10 heteroatoms. The Kier molecular flexibility index (Phi) is 7.80. The van der Waals surface area contributed by atoms with Crippen molar-refractivity contribution in [3.05, 3.63) is 96.6 Å². The van der Waals surface area contributed by atoms with Crippen LogP contribution in [0.1, 0.15) is 13.8 Å². The highest BCUT2D eigenvalue weighted by Gasteiger charge is 2.28. The molecule has 4 aromatic rings. The smallest absolute Gasteiger partial charge is 0.243 e. The predicted molar refractivity (Wildman–Crippen MR) is 138 cm³/mol. The predicted octanol–water partition coefficient (Wildman–Crippen LogP) is 5.10. The van der Waals surface area contributed by atoms with E-state index >= 15 is 0 Å². The number of amides is 1. The van der Waals surface area contributed by atoms with Crippen molar-refractivity contribution in [3.63, 3.8) is 0 Å². The first-order valence-electron chi connectivity index (χ1n) is 11.6. The fourth-order valence-electron chi connectivity index (χ4n) is 3.75. The van der Waals surface area contributed by atoms with Gasteiger partial charge in [-0.25, -0.2) is 21.9 Å². The first-order chi connectivity index (χ1) is 17.6. The zero-order chi connectivity index (χ0) is 26.6. The van der Waals surface area contributed by atoms with Gasteiger partial charge in [-0.1, -0.05) is 44.2 Å². The highest BCUT2D eigenvalue weighted by atomic mass is 32.2. The second-order valence-electron chi connectivity index (χ2n) is 8.86. The van der Waals surface area contributed by atoms with Crippen LogP contribution in [0.2, 0.25) is 0 Å². The summed E-state index contributed by atoms with van der Waals surface area (Å²) in [7, 11) is -4.06. The van der Waals surface area contributed by atoms with E-state index in [4.69, 9.17) is 0 Å². The summed E-state index contributed by atoms with van der Waals surface area (Å²) < 4.78 is 55.9. The lowest BCUT2D eigenvalue weighted by molar-refractivity contribution is -0.116. The molecule has 1 heterocycles.